The van der Waals surface area contributed by atoms with Gasteiger partial charge in [0, 0.05) is 46.2 Å². The maximum Gasteiger partial charge on any atom is 0.242 e. The second-order valence-corrected chi connectivity index (χ2v) is 13.2. The van der Waals surface area contributed by atoms with E-state index in [1.54, 1.807) is 46.6 Å². The zero-order valence-corrected chi connectivity index (χ0v) is 27.6. The predicted octanol–water partition coefficient (Wildman–Crippen LogP) is 5.76. The smallest absolute Gasteiger partial charge is 0.242 e. The Bertz CT molecular complexity index is 1260. The summed E-state index contributed by atoms with van der Waals surface area (Å²) in [6.07, 6.45) is 10.8. The Kier molecular flexibility index (Phi) is 13.9. The lowest BCUT2D eigenvalue weighted by Gasteiger charge is -2.37. The molecule has 0 atom stereocenters. The minimum atomic E-state index is -3.74. The molecule has 9 nitrogen and oxygen atoms in total. The Balaban J connectivity index is 1.56. The number of piperazine rings is 1. The number of likely N-dealkylation sites (N-methyl/N-ethyl adjacent to an activating group) is 1. The van der Waals surface area contributed by atoms with Crippen LogP contribution in [0.2, 0.25) is 0 Å². The number of amides is 1. The minimum Gasteiger partial charge on any atom is -0.495 e. The van der Waals surface area contributed by atoms with Gasteiger partial charge in [-0.25, -0.2) is 12.7 Å². The highest BCUT2D eigenvalue weighted by Crippen LogP contribution is 2.33. The van der Waals surface area contributed by atoms with Gasteiger partial charge in [0.05, 0.1) is 31.9 Å². The Labute approximate surface area is 259 Å². The highest BCUT2D eigenvalue weighted by atomic mass is 32.2. The number of unbranched alkanes of at least 4 members (excludes halogenated alkanes) is 7. The third-order valence-electron chi connectivity index (χ3n) is 8.24. The van der Waals surface area contributed by atoms with E-state index in [4.69, 9.17) is 14.2 Å². The number of hydrogen-bond acceptors (Lipinski definition) is 7. The van der Waals surface area contributed by atoms with E-state index in [1.165, 1.54) is 42.8 Å². The number of nitrogens with zero attached hydrogens (tertiary/aromatic N) is 3. The van der Waals surface area contributed by atoms with E-state index in [0.717, 1.165) is 24.1 Å². The second-order valence-electron chi connectivity index (χ2n) is 11.2. The van der Waals surface area contributed by atoms with Crippen LogP contribution in [-0.4, -0.2) is 84.6 Å². The summed E-state index contributed by atoms with van der Waals surface area (Å²) in [6.45, 7) is 5.01. The summed E-state index contributed by atoms with van der Waals surface area (Å²) in [4.78, 5) is 17.1. The molecule has 1 heterocycles. The maximum atomic E-state index is 13.5. The number of sulfonamides is 1. The Morgan fingerprint density at radius 3 is 2.02 bits per heavy atom. The number of ether oxygens (including phenoxy) is 3. The van der Waals surface area contributed by atoms with Gasteiger partial charge in [-0.05, 0) is 48.7 Å². The summed E-state index contributed by atoms with van der Waals surface area (Å²) in [7, 11) is 2.60. The van der Waals surface area contributed by atoms with Gasteiger partial charge in [-0.2, -0.15) is 0 Å². The summed E-state index contributed by atoms with van der Waals surface area (Å²) in [5, 5.41) is 0. The van der Waals surface area contributed by atoms with E-state index in [1.807, 2.05) is 23.1 Å². The van der Waals surface area contributed by atoms with Crippen molar-refractivity contribution in [1.29, 1.82) is 0 Å². The molecule has 1 saturated heterocycles. The van der Waals surface area contributed by atoms with E-state index in [0.29, 0.717) is 62.8 Å². The van der Waals surface area contributed by atoms with Gasteiger partial charge in [0.1, 0.15) is 5.75 Å². The fraction of sp³-hybridized carbons (Fsp3) is 0.606. The van der Waals surface area contributed by atoms with Crippen LogP contribution >= 0.6 is 0 Å². The number of methoxy groups -OCH3 is 3. The summed E-state index contributed by atoms with van der Waals surface area (Å²) in [6, 6.07) is 10.6. The molecule has 0 spiro atoms. The van der Waals surface area contributed by atoms with Crippen LogP contribution in [0.15, 0.2) is 41.3 Å². The van der Waals surface area contributed by atoms with Gasteiger partial charge in [-0.15, -0.1) is 0 Å². The van der Waals surface area contributed by atoms with Gasteiger partial charge in [0.25, 0.3) is 0 Å². The molecule has 0 unspecified atom stereocenters. The van der Waals surface area contributed by atoms with Crippen LogP contribution in [0.25, 0.3) is 0 Å². The molecule has 0 aromatic heterocycles. The molecule has 43 heavy (non-hydrogen) atoms. The first-order chi connectivity index (χ1) is 20.7. The summed E-state index contributed by atoms with van der Waals surface area (Å²) in [5.74, 6) is 2.07. The molecule has 3 rings (SSSR count). The number of anilines is 1. The number of hydrogen-bond donors (Lipinski definition) is 0. The average Bonchev–Trinajstić information content (AvgIpc) is 3.04. The molecule has 0 aliphatic carbocycles. The lowest BCUT2D eigenvalue weighted by molar-refractivity contribution is -0.131. The molecule has 1 aliphatic heterocycles. The lowest BCUT2D eigenvalue weighted by atomic mass is 10.1. The van der Waals surface area contributed by atoms with Crippen molar-refractivity contribution in [2.75, 3.05) is 66.0 Å². The molecule has 0 N–H and O–H groups in total. The van der Waals surface area contributed by atoms with Crippen molar-refractivity contribution >= 4 is 21.6 Å². The standard InChI is InChI=1S/C33H51N3O6S/c1-6-7-8-9-10-11-12-13-14-33(37)36-23-21-35(22-24-36)29-26-28(16-18-30(29)40-3)43(38,39)34(2)20-19-27-15-17-31(41-4)32(25-27)42-5/h15-18,25-26H,6-14,19-24H2,1-5H3. The van der Waals surface area contributed by atoms with Crippen molar-refractivity contribution in [2.24, 2.45) is 0 Å². The van der Waals surface area contributed by atoms with E-state index in [-0.39, 0.29) is 10.8 Å². The third-order valence-corrected chi connectivity index (χ3v) is 10.1. The Hall–Kier alpha value is -2.98. The molecular formula is C33H51N3O6S. The molecule has 2 aromatic carbocycles. The van der Waals surface area contributed by atoms with Crippen LogP contribution in [-0.2, 0) is 21.2 Å². The third kappa shape index (κ3) is 9.76. The predicted molar refractivity (Wildman–Crippen MR) is 172 cm³/mol. The van der Waals surface area contributed by atoms with Crippen LogP contribution in [0.3, 0.4) is 0 Å². The Morgan fingerprint density at radius 1 is 0.791 bits per heavy atom. The van der Waals surface area contributed by atoms with E-state index in [2.05, 4.69) is 11.8 Å². The molecule has 1 aliphatic rings. The van der Waals surface area contributed by atoms with Crippen molar-refractivity contribution in [1.82, 2.24) is 9.21 Å². The average molecular weight is 618 g/mol. The van der Waals surface area contributed by atoms with Crippen molar-refractivity contribution in [3.8, 4) is 17.2 Å². The van der Waals surface area contributed by atoms with Crippen molar-refractivity contribution in [3.05, 3.63) is 42.0 Å². The first-order valence-corrected chi connectivity index (χ1v) is 17.1. The number of carbonyl (C=O) groups is 1. The summed E-state index contributed by atoms with van der Waals surface area (Å²) >= 11 is 0. The molecule has 240 valence electrons. The van der Waals surface area contributed by atoms with E-state index in [9.17, 15) is 13.2 Å². The van der Waals surface area contributed by atoms with Crippen molar-refractivity contribution in [3.63, 3.8) is 0 Å². The maximum absolute atomic E-state index is 13.5. The van der Waals surface area contributed by atoms with Crippen LogP contribution in [0.5, 0.6) is 17.2 Å². The van der Waals surface area contributed by atoms with E-state index < -0.39 is 10.0 Å². The van der Waals surface area contributed by atoms with Gasteiger partial charge in [0.15, 0.2) is 11.5 Å². The van der Waals surface area contributed by atoms with Crippen LogP contribution in [0.1, 0.15) is 70.3 Å². The quantitative estimate of drug-likeness (QED) is 0.197. The zero-order valence-electron chi connectivity index (χ0n) is 26.8. The van der Waals surface area contributed by atoms with E-state index >= 15 is 0 Å². The van der Waals surface area contributed by atoms with Gasteiger partial charge >= 0.3 is 0 Å². The van der Waals surface area contributed by atoms with Gasteiger partial charge < -0.3 is 24.0 Å². The zero-order chi connectivity index (χ0) is 31.2. The number of benzene rings is 2. The molecule has 10 heteroatoms. The lowest BCUT2D eigenvalue weighted by Crippen LogP contribution is -2.48. The second kappa shape index (κ2) is 17.3. The van der Waals surface area contributed by atoms with Gasteiger partial charge in [-0.1, -0.05) is 57.9 Å². The van der Waals surface area contributed by atoms with Crippen molar-refractivity contribution < 1.29 is 27.4 Å². The largest absolute Gasteiger partial charge is 0.495 e. The normalized spacial score (nSPS) is 13.8. The fourth-order valence-electron chi connectivity index (χ4n) is 5.47. The molecule has 0 saturated carbocycles. The highest BCUT2D eigenvalue weighted by Gasteiger charge is 2.26. The molecule has 2 aromatic rings. The van der Waals surface area contributed by atoms with Crippen molar-refractivity contribution in [2.45, 2.75) is 76.0 Å². The number of rotatable bonds is 18. The van der Waals surface area contributed by atoms with Crippen LogP contribution < -0.4 is 19.1 Å². The monoisotopic (exact) mass is 617 g/mol. The molecule has 1 amide bonds. The van der Waals surface area contributed by atoms with Gasteiger partial charge in [0.2, 0.25) is 15.9 Å². The first-order valence-electron chi connectivity index (χ1n) is 15.6. The highest BCUT2D eigenvalue weighted by molar-refractivity contribution is 7.89. The van der Waals surface area contributed by atoms with Crippen LogP contribution in [0, 0.1) is 0 Å². The molecule has 1 fully saturated rings. The van der Waals surface area contributed by atoms with Crippen LogP contribution in [0.4, 0.5) is 5.69 Å². The summed E-state index contributed by atoms with van der Waals surface area (Å²) < 4.78 is 44.7. The number of carbonyl (C=O) groups excluding carboxylic acids is 1. The minimum absolute atomic E-state index is 0.213. The summed E-state index contributed by atoms with van der Waals surface area (Å²) in [5.41, 5.74) is 1.68. The molecule has 0 radical (unpaired) electrons. The molecule has 0 bridgehead atoms. The molecular weight excluding hydrogens is 566 g/mol. The topological polar surface area (TPSA) is 88.6 Å². The first kappa shape index (κ1) is 34.5. The fourth-order valence-corrected chi connectivity index (χ4v) is 6.66. The SMILES string of the molecule is CCCCCCCCCCC(=O)N1CCN(c2cc(S(=O)(=O)N(C)CCc3ccc(OC)c(OC)c3)ccc2OC)CC1. The Morgan fingerprint density at radius 2 is 1.40 bits per heavy atom. The van der Waals surface area contributed by atoms with Gasteiger partial charge in [-0.3, -0.25) is 4.79 Å².